The van der Waals surface area contributed by atoms with Gasteiger partial charge in [-0.1, -0.05) is 49.1 Å². The summed E-state index contributed by atoms with van der Waals surface area (Å²) in [6, 6.07) is 9.84. The molecule has 0 aromatic heterocycles. The third kappa shape index (κ3) is 5.15. The minimum atomic E-state index is -0.227. The molecule has 84 valence electrons. The minimum absolute atomic E-state index is 0.227. The molecule has 0 N–H and O–H groups in total. The van der Waals surface area contributed by atoms with Crippen molar-refractivity contribution in [1.29, 1.82) is 0 Å². The summed E-state index contributed by atoms with van der Waals surface area (Å²) >= 11 is 0. The normalized spacial score (nSPS) is 10.3. The number of benzene rings is 1. The molecule has 0 radical (unpaired) electrons. The van der Waals surface area contributed by atoms with Crippen LogP contribution in [0.2, 0.25) is 0 Å². The van der Waals surface area contributed by atoms with Crippen molar-refractivity contribution < 1.29 is 9.53 Å². The van der Waals surface area contributed by atoms with Gasteiger partial charge in [0.1, 0.15) is 6.61 Å². The highest BCUT2D eigenvalue weighted by molar-refractivity contribution is 5.72. The van der Waals surface area contributed by atoms with Gasteiger partial charge in [-0.25, -0.2) is 0 Å². The molecule has 0 aliphatic heterocycles. The van der Waals surface area contributed by atoms with Crippen LogP contribution in [0.4, 0.5) is 0 Å². The summed E-state index contributed by atoms with van der Waals surface area (Å²) in [6.45, 7) is 5.79. The maximum absolute atomic E-state index is 11.2. The average molecular weight is 216 g/mol. The maximum atomic E-state index is 11.2. The Morgan fingerprint density at radius 3 is 2.69 bits per heavy atom. The molecule has 0 aliphatic rings. The number of hydrogen-bond acceptors (Lipinski definition) is 2. The molecule has 0 spiro atoms. The fraction of sp³-hybridized carbons (Fsp3) is 0.214. The topological polar surface area (TPSA) is 26.3 Å². The number of rotatable bonds is 5. The Morgan fingerprint density at radius 1 is 1.38 bits per heavy atom. The molecule has 0 bridgehead atoms. The Bertz CT molecular complexity index is 377. The Kier molecular flexibility index (Phi) is 5.06. The molecule has 2 nitrogen and oxygen atoms in total. The Hall–Kier alpha value is -1.83. The zero-order valence-corrected chi connectivity index (χ0v) is 9.48. The first kappa shape index (κ1) is 12.2. The lowest BCUT2D eigenvalue weighted by molar-refractivity contribution is -0.141. The van der Waals surface area contributed by atoms with Crippen molar-refractivity contribution in [2.75, 3.05) is 6.61 Å². The van der Waals surface area contributed by atoms with Crippen LogP contribution in [0.25, 0.3) is 6.08 Å². The zero-order chi connectivity index (χ0) is 11.8. The highest BCUT2D eigenvalue weighted by atomic mass is 16.5. The Balaban J connectivity index is 2.32. The van der Waals surface area contributed by atoms with Crippen LogP contribution in [-0.4, -0.2) is 12.6 Å². The first-order valence-corrected chi connectivity index (χ1v) is 5.20. The van der Waals surface area contributed by atoms with Crippen LogP contribution in [0.15, 0.2) is 48.6 Å². The maximum Gasteiger partial charge on any atom is 0.309 e. The SMILES string of the molecule is C=C(C)COC(=O)C/C=C/c1ccccc1. The van der Waals surface area contributed by atoms with Crippen LogP contribution >= 0.6 is 0 Å². The summed E-state index contributed by atoms with van der Waals surface area (Å²) < 4.78 is 4.95. The van der Waals surface area contributed by atoms with Crippen molar-refractivity contribution >= 4 is 12.0 Å². The van der Waals surface area contributed by atoms with Crippen LogP contribution in [-0.2, 0) is 9.53 Å². The van der Waals surface area contributed by atoms with Gasteiger partial charge in [-0.2, -0.15) is 0 Å². The lowest BCUT2D eigenvalue weighted by atomic mass is 10.2. The molecule has 0 atom stereocenters. The van der Waals surface area contributed by atoms with Crippen LogP contribution in [0.3, 0.4) is 0 Å². The van der Waals surface area contributed by atoms with E-state index in [1.165, 1.54) is 0 Å². The fourth-order valence-corrected chi connectivity index (χ4v) is 1.12. The van der Waals surface area contributed by atoms with Gasteiger partial charge >= 0.3 is 5.97 Å². The standard InChI is InChI=1S/C14H16O2/c1-12(2)11-16-14(15)10-6-9-13-7-4-3-5-8-13/h3-9H,1,10-11H2,2H3/b9-6+. The molecule has 16 heavy (non-hydrogen) atoms. The van der Waals surface area contributed by atoms with Gasteiger partial charge in [0.15, 0.2) is 0 Å². The van der Waals surface area contributed by atoms with Crippen LogP contribution < -0.4 is 0 Å². The highest BCUT2D eigenvalue weighted by Crippen LogP contribution is 2.02. The van der Waals surface area contributed by atoms with Gasteiger partial charge in [0.05, 0.1) is 6.42 Å². The molecule has 0 aliphatic carbocycles. The van der Waals surface area contributed by atoms with E-state index >= 15 is 0 Å². The van der Waals surface area contributed by atoms with Gasteiger partial charge in [-0.3, -0.25) is 4.79 Å². The van der Waals surface area contributed by atoms with E-state index in [1.54, 1.807) is 6.08 Å². The van der Waals surface area contributed by atoms with E-state index in [9.17, 15) is 4.79 Å². The number of carbonyl (C=O) groups excluding carboxylic acids is 1. The summed E-state index contributed by atoms with van der Waals surface area (Å²) in [5, 5.41) is 0. The van der Waals surface area contributed by atoms with Crippen molar-refractivity contribution in [3.8, 4) is 0 Å². The second-order valence-corrected chi connectivity index (χ2v) is 3.63. The van der Waals surface area contributed by atoms with E-state index in [0.717, 1.165) is 11.1 Å². The van der Waals surface area contributed by atoms with Crippen molar-refractivity contribution in [2.45, 2.75) is 13.3 Å². The van der Waals surface area contributed by atoms with Crippen molar-refractivity contribution in [2.24, 2.45) is 0 Å². The molecule has 1 rings (SSSR count). The molecular formula is C14H16O2. The lowest BCUT2D eigenvalue weighted by Gasteiger charge is -2.01. The van der Waals surface area contributed by atoms with Crippen molar-refractivity contribution in [3.05, 3.63) is 54.1 Å². The first-order valence-electron chi connectivity index (χ1n) is 5.20. The summed E-state index contributed by atoms with van der Waals surface area (Å²) in [5.41, 5.74) is 1.93. The molecule has 1 aromatic rings. The van der Waals surface area contributed by atoms with E-state index < -0.39 is 0 Å². The number of esters is 1. The van der Waals surface area contributed by atoms with Crippen molar-refractivity contribution in [3.63, 3.8) is 0 Å². The smallest absolute Gasteiger partial charge is 0.309 e. The molecule has 1 aromatic carbocycles. The van der Waals surface area contributed by atoms with Gasteiger partial charge in [-0.05, 0) is 18.1 Å². The van der Waals surface area contributed by atoms with Crippen LogP contribution in [0.1, 0.15) is 18.9 Å². The second-order valence-electron chi connectivity index (χ2n) is 3.63. The van der Waals surface area contributed by atoms with E-state index in [-0.39, 0.29) is 5.97 Å². The quantitative estimate of drug-likeness (QED) is 0.558. The predicted molar refractivity (Wildman–Crippen MR) is 65.9 cm³/mol. The third-order valence-electron chi connectivity index (χ3n) is 1.87. The summed E-state index contributed by atoms with van der Waals surface area (Å²) in [4.78, 5) is 11.2. The summed E-state index contributed by atoms with van der Waals surface area (Å²) in [6.07, 6.45) is 4.00. The van der Waals surface area contributed by atoms with E-state index in [1.807, 2.05) is 43.3 Å². The van der Waals surface area contributed by atoms with Crippen LogP contribution in [0.5, 0.6) is 0 Å². The molecule has 0 saturated carbocycles. The third-order valence-corrected chi connectivity index (χ3v) is 1.87. The number of hydrogen-bond donors (Lipinski definition) is 0. The number of ether oxygens (including phenoxy) is 1. The monoisotopic (exact) mass is 216 g/mol. The van der Waals surface area contributed by atoms with Gasteiger partial charge < -0.3 is 4.74 Å². The largest absolute Gasteiger partial charge is 0.461 e. The number of carbonyl (C=O) groups is 1. The second kappa shape index (κ2) is 6.62. The highest BCUT2D eigenvalue weighted by Gasteiger charge is 1.98. The molecule has 0 fully saturated rings. The average Bonchev–Trinajstić information content (AvgIpc) is 2.28. The van der Waals surface area contributed by atoms with Gasteiger partial charge in [0.25, 0.3) is 0 Å². The van der Waals surface area contributed by atoms with Gasteiger partial charge in [0, 0.05) is 0 Å². The first-order chi connectivity index (χ1) is 7.68. The minimum Gasteiger partial charge on any atom is -0.461 e. The molecule has 0 saturated heterocycles. The Morgan fingerprint density at radius 2 is 2.06 bits per heavy atom. The molecule has 2 heteroatoms. The van der Waals surface area contributed by atoms with Gasteiger partial charge in [0.2, 0.25) is 0 Å². The zero-order valence-electron chi connectivity index (χ0n) is 9.48. The van der Waals surface area contributed by atoms with Gasteiger partial charge in [-0.15, -0.1) is 0 Å². The molecule has 0 unspecified atom stereocenters. The predicted octanol–water partition coefficient (Wildman–Crippen LogP) is 3.21. The fourth-order valence-electron chi connectivity index (χ4n) is 1.12. The van der Waals surface area contributed by atoms with E-state index in [2.05, 4.69) is 6.58 Å². The summed E-state index contributed by atoms with van der Waals surface area (Å²) in [7, 11) is 0. The lowest BCUT2D eigenvalue weighted by Crippen LogP contribution is -2.04. The molecule has 0 heterocycles. The molecular weight excluding hydrogens is 200 g/mol. The van der Waals surface area contributed by atoms with E-state index in [4.69, 9.17) is 4.74 Å². The van der Waals surface area contributed by atoms with E-state index in [0.29, 0.717) is 13.0 Å². The summed E-state index contributed by atoms with van der Waals surface area (Å²) in [5.74, 6) is -0.227. The van der Waals surface area contributed by atoms with Crippen LogP contribution in [0, 0.1) is 0 Å². The molecule has 0 amide bonds. The van der Waals surface area contributed by atoms with Crippen molar-refractivity contribution in [1.82, 2.24) is 0 Å². The Labute approximate surface area is 96.2 Å².